The third-order valence-electron chi connectivity index (χ3n) is 2.76. The number of phenolic OH excluding ortho intramolecular Hbond substituents is 1. The molecule has 0 aliphatic carbocycles. The van der Waals surface area contributed by atoms with E-state index in [4.69, 9.17) is 17.3 Å². The topological polar surface area (TPSA) is 83.6 Å². The van der Waals surface area contributed by atoms with Crippen molar-refractivity contribution in [2.24, 2.45) is 11.7 Å². The molecule has 0 spiro atoms. The van der Waals surface area contributed by atoms with Crippen LogP contribution in [-0.4, -0.2) is 23.5 Å². The molecule has 1 aromatic carbocycles. The summed E-state index contributed by atoms with van der Waals surface area (Å²) in [6.45, 7) is 0.158. The monoisotopic (exact) mass is 254 g/mol. The first-order chi connectivity index (χ1) is 8.00. The highest BCUT2D eigenvalue weighted by Gasteiger charge is 2.35. The van der Waals surface area contributed by atoms with E-state index in [1.54, 1.807) is 12.1 Å². The fourth-order valence-electron chi connectivity index (χ4n) is 1.89. The molecule has 1 aromatic rings. The van der Waals surface area contributed by atoms with Gasteiger partial charge >= 0.3 is 0 Å². The number of anilines is 1. The Bertz CT molecular complexity index is 469. The summed E-state index contributed by atoms with van der Waals surface area (Å²) >= 11 is 5.93. The molecule has 1 atom stereocenters. The highest BCUT2D eigenvalue weighted by Crippen LogP contribution is 2.37. The fourth-order valence-corrected chi connectivity index (χ4v) is 2.16. The Balaban J connectivity index is 2.35. The van der Waals surface area contributed by atoms with Crippen molar-refractivity contribution in [3.63, 3.8) is 0 Å². The molecule has 1 aliphatic heterocycles. The van der Waals surface area contributed by atoms with E-state index in [0.29, 0.717) is 0 Å². The lowest BCUT2D eigenvalue weighted by Crippen LogP contribution is -2.28. The summed E-state index contributed by atoms with van der Waals surface area (Å²) in [4.78, 5) is 24.1. The lowest BCUT2D eigenvalue weighted by molar-refractivity contribution is -0.123. The van der Waals surface area contributed by atoms with E-state index in [1.165, 1.54) is 11.0 Å². The molecule has 2 rings (SSSR count). The molecule has 2 amide bonds. The molecule has 0 radical (unpaired) electrons. The summed E-state index contributed by atoms with van der Waals surface area (Å²) in [5, 5.41) is 9.97. The van der Waals surface area contributed by atoms with Gasteiger partial charge in [-0.3, -0.25) is 9.59 Å². The van der Waals surface area contributed by atoms with Gasteiger partial charge in [0.05, 0.1) is 10.9 Å². The number of para-hydroxylation sites is 1. The predicted molar refractivity (Wildman–Crippen MR) is 62.8 cm³/mol. The average molecular weight is 255 g/mol. The van der Waals surface area contributed by atoms with Crippen molar-refractivity contribution in [1.82, 2.24) is 0 Å². The minimum atomic E-state index is -0.529. The van der Waals surface area contributed by atoms with Crippen molar-refractivity contribution in [3.8, 4) is 5.75 Å². The van der Waals surface area contributed by atoms with Gasteiger partial charge in [-0.2, -0.15) is 0 Å². The van der Waals surface area contributed by atoms with Crippen LogP contribution in [0.5, 0.6) is 5.75 Å². The van der Waals surface area contributed by atoms with E-state index in [1.807, 2.05) is 0 Å². The highest BCUT2D eigenvalue weighted by atomic mass is 35.5. The predicted octanol–water partition coefficient (Wildman–Crippen LogP) is 0.884. The standard InChI is InChI=1S/C11H11ClN2O3/c12-7-2-1-3-8(15)10(7)14-5-6(11(13)17)4-9(14)16/h1-3,6,15H,4-5H2,(H2,13,17). The summed E-state index contributed by atoms with van der Waals surface area (Å²) in [5.74, 6) is -1.40. The van der Waals surface area contributed by atoms with Crippen LogP contribution in [0.15, 0.2) is 18.2 Å². The maximum Gasteiger partial charge on any atom is 0.228 e. The number of rotatable bonds is 2. The Morgan fingerprint density at radius 2 is 2.24 bits per heavy atom. The van der Waals surface area contributed by atoms with Gasteiger partial charge in [0.15, 0.2) is 0 Å². The van der Waals surface area contributed by atoms with Gasteiger partial charge in [0, 0.05) is 13.0 Å². The SMILES string of the molecule is NC(=O)C1CC(=O)N(c2c(O)cccc2Cl)C1. The minimum Gasteiger partial charge on any atom is -0.506 e. The van der Waals surface area contributed by atoms with Crippen LogP contribution in [0.25, 0.3) is 0 Å². The van der Waals surface area contributed by atoms with Crippen LogP contribution in [0.1, 0.15) is 6.42 Å². The molecule has 1 fully saturated rings. The molecule has 1 unspecified atom stereocenters. The average Bonchev–Trinajstić information content (AvgIpc) is 2.61. The van der Waals surface area contributed by atoms with Gasteiger partial charge in [0.2, 0.25) is 11.8 Å². The second kappa shape index (κ2) is 4.25. The third-order valence-corrected chi connectivity index (χ3v) is 3.07. The van der Waals surface area contributed by atoms with E-state index in [-0.39, 0.29) is 35.3 Å². The van der Waals surface area contributed by atoms with Crippen molar-refractivity contribution in [3.05, 3.63) is 23.2 Å². The van der Waals surface area contributed by atoms with E-state index in [2.05, 4.69) is 0 Å². The van der Waals surface area contributed by atoms with Crippen molar-refractivity contribution in [2.45, 2.75) is 6.42 Å². The van der Waals surface area contributed by atoms with E-state index in [9.17, 15) is 14.7 Å². The zero-order valence-corrected chi connectivity index (χ0v) is 9.65. The van der Waals surface area contributed by atoms with Crippen LogP contribution in [-0.2, 0) is 9.59 Å². The maximum absolute atomic E-state index is 11.7. The maximum atomic E-state index is 11.7. The largest absolute Gasteiger partial charge is 0.506 e. The zero-order chi connectivity index (χ0) is 12.6. The lowest BCUT2D eigenvalue weighted by Gasteiger charge is -2.18. The van der Waals surface area contributed by atoms with E-state index in [0.717, 1.165) is 0 Å². The molecule has 3 N–H and O–H groups in total. The lowest BCUT2D eigenvalue weighted by atomic mass is 10.1. The number of hydrogen-bond donors (Lipinski definition) is 2. The molecule has 1 saturated heterocycles. The fraction of sp³-hybridized carbons (Fsp3) is 0.273. The van der Waals surface area contributed by atoms with Crippen LogP contribution < -0.4 is 10.6 Å². The summed E-state index contributed by atoms with van der Waals surface area (Å²) < 4.78 is 0. The number of hydrogen-bond acceptors (Lipinski definition) is 3. The summed E-state index contributed by atoms with van der Waals surface area (Å²) in [5.41, 5.74) is 5.40. The number of carbonyl (C=O) groups is 2. The molecular weight excluding hydrogens is 244 g/mol. The Morgan fingerprint density at radius 1 is 1.53 bits per heavy atom. The van der Waals surface area contributed by atoms with Crippen molar-refractivity contribution in [1.29, 1.82) is 0 Å². The smallest absolute Gasteiger partial charge is 0.228 e. The molecule has 0 aromatic heterocycles. The van der Waals surface area contributed by atoms with Gasteiger partial charge in [-0.1, -0.05) is 17.7 Å². The second-order valence-electron chi connectivity index (χ2n) is 3.92. The zero-order valence-electron chi connectivity index (χ0n) is 8.89. The molecule has 1 heterocycles. The number of aromatic hydroxyl groups is 1. The minimum absolute atomic E-state index is 0.0556. The van der Waals surface area contributed by atoms with Crippen LogP contribution >= 0.6 is 11.6 Å². The molecule has 1 aliphatic rings. The van der Waals surface area contributed by atoms with E-state index >= 15 is 0 Å². The normalized spacial score (nSPS) is 19.7. The first-order valence-corrected chi connectivity index (χ1v) is 5.45. The van der Waals surface area contributed by atoms with Crippen molar-refractivity contribution in [2.75, 3.05) is 11.4 Å². The van der Waals surface area contributed by atoms with Gasteiger partial charge < -0.3 is 15.7 Å². The van der Waals surface area contributed by atoms with Gasteiger partial charge in [-0.15, -0.1) is 0 Å². The quantitative estimate of drug-likeness (QED) is 0.822. The Morgan fingerprint density at radius 3 is 2.76 bits per heavy atom. The van der Waals surface area contributed by atoms with E-state index < -0.39 is 11.8 Å². The number of amides is 2. The first kappa shape index (κ1) is 11.7. The van der Waals surface area contributed by atoms with Crippen molar-refractivity contribution < 1.29 is 14.7 Å². The van der Waals surface area contributed by atoms with Gasteiger partial charge in [-0.05, 0) is 12.1 Å². The van der Waals surface area contributed by atoms with Gasteiger partial charge in [0.1, 0.15) is 11.4 Å². The number of primary amides is 1. The van der Waals surface area contributed by atoms with Crippen LogP contribution in [0.2, 0.25) is 5.02 Å². The number of carbonyl (C=O) groups excluding carboxylic acids is 2. The molecular formula is C11H11ClN2O3. The molecule has 17 heavy (non-hydrogen) atoms. The van der Waals surface area contributed by atoms with Crippen molar-refractivity contribution >= 4 is 29.1 Å². The number of phenols is 1. The van der Waals surface area contributed by atoms with Crippen LogP contribution in [0, 0.1) is 5.92 Å². The molecule has 5 nitrogen and oxygen atoms in total. The summed E-state index contributed by atoms with van der Waals surface area (Å²) in [6, 6.07) is 4.58. The highest BCUT2D eigenvalue weighted by molar-refractivity contribution is 6.34. The van der Waals surface area contributed by atoms with Crippen LogP contribution in [0.4, 0.5) is 5.69 Å². The summed E-state index contributed by atoms with van der Waals surface area (Å²) in [6.07, 6.45) is 0.0556. The van der Waals surface area contributed by atoms with Gasteiger partial charge in [0.25, 0.3) is 0 Å². The Hall–Kier alpha value is -1.75. The Labute approximate surface area is 103 Å². The molecule has 6 heteroatoms. The number of halogens is 1. The summed E-state index contributed by atoms with van der Waals surface area (Å²) in [7, 11) is 0. The second-order valence-corrected chi connectivity index (χ2v) is 4.32. The Kier molecular flexibility index (Phi) is 2.93. The molecule has 0 saturated carbocycles. The third kappa shape index (κ3) is 2.06. The first-order valence-electron chi connectivity index (χ1n) is 5.08. The van der Waals surface area contributed by atoms with Crippen LogP contribution in [0.3, 0.4) is 0 Å². The molecule has 0 bridgehead atoms. The number of nitrogens with two attached hydrogens (primary N) is 1. The molecule has 90 valence electrons. The number of nitrogens with zero attached hydrogens (tertiary/aromatic N) is 1. The number of benzene rings is 1. The van der Waals surface area contributed by atoms with Gasteiger partial charge in [-0.25, -0.2) is 0 Å².